The second-order valence-electron chi connectivity index (χ2n) is 7.35. The van der Waals surface area contributed by atoms with Crippen LogP contribution >= 0.6 is 0 Å². The summed E-state index contributed by atoms with van der Waals surface area (Å²) >= 11 is 0. The molecule has 0 unspecified atom stereocenters. The lowest BCUT2D eigenvalue weighted by atomic mass is 10.0. The van der Waals surface area contributed by atoms with Crippen molar-refractivity contribution in [3.05, 3.63) is 108 Å². The van der Waals surface area contributed by atoms with Gasteiger partial charge in [-0.25, -0.2) is 10.2 Å². The summed E-state index contributed by atoms with van der Waals surface area (Å²) in [6.45, 7) is 1.74. The van der Waals surface area contributed by atoms with E-state index < -0.39 is 11.9 Å². The zero-order chi connectivity index (χ0) is 23.0. The lowest BCUT2D eigenvalue weighted by Gasteiger charge is -2.11. The Kier molecular flexibility index (Phi) is 6.75. The molecule has 0 saturated heterocycles. The molecule has 4 rings (SSSR count). The van der Waals surface area contributed by atoms with Crippen molar-refractivity contribution in [3.8, 4) is 11.5 Å². The zero-order valence-corrected chi connectivity index (χ0v) is 18.0. The first kappa shape index (κ1) is 21.8. The molecule has 0 bridgehead atoms. The van der Waals surface area contributed by atoms with E-state index >= 15 is 0 Å². The smallest absolute Gasteiger partial charge is 0.343 e. The number of fused-ring (bicyclic) bond motifs is 1. The molecule has 33 heavy (non-hydrogen) atoms. The van der Waals surface area contributed by atoms with Crippen LogP contribution in [0.1, 0.15) is 21.5 Å². The zero-order valence-electron chi connectivity index (χ0n) is 18.0. The average Bonchev–Trinajstić information content (AvgIpc) is 2.84. The minimum absolute atomic E-state index is 0.175. The molecule has 0 aliphatic rings. The Morgan fingerprint density at radius 3 is 2.52 bits per heavy atom. The minimum atomic E-state index is -0.469. The molecule has 0 spiro atoms. The standard InChI is InChI=1S/C27H22N2O4/c1-19-8-7-10-21(16-19)27(31)33-25-15-14-20-9-5-6-13-23(20)24(25)17-28-29-26(30)18-32-22-11-3-2-4-12-22/h2-17H,18H2,1H3,(H,29,30). The van der Waals surface area contributed by atoms with Gasteiger partial charge in [0.1, 0.15) is 11.5 Å². The van der Waals surface area contributed by atoms with Crippen molar-refractivity contribution in [1.29, 1.82) is 0 Å². The van der Waals surface area contributed by atoms with Crippen LogP contribution in [0.15, 0.2) is 96.1 Å². The van der Waals surface area contributed by atoms with Crippen molar-refractivity contribution in [2.24, 2.45) is 5.10 Å². The molecule has 0 aromatic heterocycles. The Morgan fingerprint density at radius 1 is 0.909 bits per heavy atom. The van der Waals surface area contributed by atoms with Crippen molar-refractivity contribution in [2.45, 2.75) is 6.92 Å². The van der Waals surface area contributed by atoms with E-state index in [1.54, 1.807) is 30.3 Å². The Balaban J connectivity index is 1.52. The van der Waals surface area contributed by atoms with Gasteiger partial charge in [-0.1, -0.05) is 66.2 Å². The third-order valence-electron chi connectivity index (χ3n) is 4.88. The van der Waals surface area contributed by atoms with E-state index in [1.807, 2.05) is 67.6 Å². The van der Waals surface area contributed by atoms with Gasteiger partial charge in [0.15, 0.2) is 6.61 Å². The molecule has 6 nitrogen and oxygen atoms in total. The number of nitrogens with one attached hydrogen (secondary N) is 1. The SMILES string of the molecule is Cc1cccc(C(=O)Oc2ccc3ccccc3c2C=NNC(=O)COc2ccccc2)c1. The predicted molar refractivity (Wildman–Crippen MR) is 128 cm³/mol. The van der Waals surface area contributed by atoms with Gasteiger partial charge < -0.3 is 9.47 Å². The predicted octanol–water partition coefficient (Wildman–Crippen LogP) is 4.90. The van der Waals surface area contributed by atoms with Crippen LogP contribution in [-0.2, 0) is 4.79 Å². The largest absolute Gasteiger partial charge is 0.484 e. The number of aryl methyl sites for hydroxylation is 1. The van der Waals surface area contributed by atoms with Gasteiger partial charge in [-0.05, 0) is 48.0 Å². The van der Waals surface area contributed by atoms with Crippen LogP contribution in [0.4, 0.5) is 0 Å². The van der Waals surface area contributed by atoms with E-state index in [0.717, 1.165) is 16.3 Å². The highest BCUT2D eigenvalue weighted by molar-refractivity contribution is 6.04. The summed E-state index contributed by atoms with van der Waals surface area (Å²) in [5, 5.41) is 5.85. The number of benzene rings is 4. The molecule has 0 aliphatic carbocycles. The molecular formula is C27H22N2O4. The first-order chi connectivity index (χ1) is 16.1. The van der Waals surface area contributed by atoms with E-state index in [0.29, 0.717) is 22.6 Å². The number of hydrazone groups is 1. The van der Waals surface area contributed by atoms with E-state index in [1.165, 1.54) is 6.21 Å². The number of hydrogen-bond donors (Lipinski definition) is 1. The maximum Gasteiger partial charge on any atom is 0.343 e. The number of carbonyl (C=O) groups is 2. The molecule has 4 aromatic rings. The summed E-state index contributed by atoms with van der Waals surface area (Å²) in [5.41, 5.74) is 4.45. The Hall–Kier alpha value is -4.45. The Labute approximate surface area is 191 Å². The first-order valence-corrected chi connectivity index (χ1v) is 10.4. The minimum Gasteiger partial charge on any atom is -0.484 e. The fourth-order valence-electron chi connectivity index (χ4n) is 3.30. The summed E-state index contributed by atoms with van der Waals surface area (Å²) in [5.74, 6) is 0.0624. The summed E-state index contributed by atoms with van der Waals surface area (Å²) < 4.78 is 11.1. The maximum atomic E-state index is 12.7. The maximum absolute atomic E-state index is 12.7. The highest BCUT2D eigenvalue weighted by Crippen LogP contribution is 2.27. The third-order valence-corrected chi connectivity index (χ3v) is 4.88. The summed E-state index contributed by atoms with van der Waals surface area (Å²) in [7, 11) is 0. The van der Waals surface area contributed by atoms with Crippen LogP contribution in [-0.4, -0.2) is 24.7 Å². The molecule has 0 radical (unpaired) electrons. The van der Waals surface area contributed by atoms with Crippen molar-refractivity contribution < 1.29 is 19.1 Å². The molecular weight excluding hydrogens is 416 g/mol. The Morgan fingerprint density at radius 2 is 1.70 bits per heavy atom. The number of hydrogen-bond acceptors (Lipinski definition) is 5. The molecule has 4 aromatic carbocycles. The quantitative estimate of drug-likeness (QED) is 0.193. The van der Waals surface area contributed by atoms with Crippen LogP contribution < -0.4 is 14.9 Å². The lowest BCUT2D eigenvalue weighted by Crippen LogP contribution is -2.24. The van der Waals surface area contributed by atoms with Gasteiger partial charge in [-0.15, -0.1) is 0 Å². The number of nitrogens with zero attached hydrogens (tertiary/aromatic N) is 1. The van der Waals surface area contributed by atoms with Crippen LogP contribution in [0.25, 0.3) is 10.8 Å². The van der Waals surface area contributed by atoms with Gasteiger partial charge in [0, 0.05) is 5.56 Å². The van der Waals surface area contributed by atoms with E-state index in [9.17, 15) is 9.59 Å². The van der Waals surface area contributed by atoms with Crippen LogP contribution in [0.5, 0.6) is 11.5 Å². The van der Waals surface area contributed by atoms with Gasteiger partial charge >= 0.3 is 5.97 Å². The van der Waals surface area contributed by atoms with E-state index in [-0.39, 0.29) is 6.61 Å². The fourth-order valence-corrected chi connectivity index (χ4v) is 3.30. The molecule has 6 heteroatoms. The monoisotopic (exact) mass is 438 g/mol. The van der Waals surface area contributed by atoms with Crippen molar-refractivity contribution in [2.75, 3.05) is 6.61 Å². The molecule has 164 valence electrons. The summed E-state index contributed by atoms with van der Waals surface area (Å²) in [4.78, 5) is 24.8. The van der Waals surface area contributed by atoms with Crippen LogP contribution in [0, 0.1) is 6.92 Å². The molecule has 0 heterocycles. The molecule has 1 N–H and O–H groups in total. The Bertz CT molecular complexity index is 1320. The average molecular weight is 438 g/mol. The van der Waals surface area contributed by atoms with E-state index in [2.05, 4.69) is 10.5 Å². The van der Waals surface area contributed by atoms with E-state index in [4.69, 9.17) is 9.47 Å². The van der Waals surface area contributed by atoms with Crippen molar-refractivity contribution in [3.63, 3.8) is 0 Å². The number of rotatable bonds is 7. The second kappa shape index (κ2) is 10.2. The van der Waals surface area contributed by atoms with Crippen molar-refractivity contribution in [1.82, 2.24) is 5.43 Å². The lowest BCUT2D eigenvalue weighted by molar-refractivity contribution is -0.123. The van der Waals surface area contributed by atoms with Crippen molar-refractivity contribution >= 4 is 28.9 Å². The number of para-hydroxylation sites is 1. The molecule has 0 atom stereocenters. The van der Waals surface area contributed by atoms with Crippen LogP contribution in [0.2, 0.25) is 0 Å². The third kappa shape index (κ3) is 5.62. The van der Waals surface area contributed by atoms with Crippen LogP contribution in [0.3, 0.4) is 0 Å². The second-order valence-corrected chi connectivity index (χ2v) is 7.35. The summed E-state index contributed by atoms with van der Waals surface area (Å²) in [6, 6.07) is 27.5. The topological polar surface area (TPSA) is 77.0 Å². The molecule has 0 fully saturated rings. The first-order valence-electron chi connectivity index (χ1n) is 10.4. The molecule has 0 aliphatic heterocycles. The molecule has 0 saturated carbocycles. The van der Waals surface area contributed by atoms with Gasteiger partial charge in [0.05, 0.1) is 11.8 Å². The number of amides is 1. The van der Waals surface area contributed by atoms with Gasteiger partial charge in [-0.3, -0.25) is 4.79 Å². The number of carbonyl (C=O) groups excluding carboxylic acids is 2. The van der Waals surface area contributed by atoms with Gasteiger partial charge in [0.25, 0.3) is 5.91 Å². The number of ether oxygens (including phenoxy) is 2. The normalized spacial score (nSPS) is 10.8. The number of esters is 1. The fraction of sp³-hybridized carbons (Fsp3) is 0.0741. The highest BCUT2D eigenvalue weighted by atomic mass is 16.5. The molecule has 1 amide bonds. The van der Waals surface area contributed by atoms with Gasteiger partial charge in [-0.2, -0.15) is 5.10 Å². The van der Waals surface area contributed by atoms with Gasteiger partial charge in [0.2, 0.25) is 0 Å². The highest BCUT2D eigenvalue weighted by Gasteiger charge is 2.14. The summed E-state index contributed by atoms with van der Waals surface area (Å²) in [6.07, 6.45) is 1.47.